The van der Waals surface area contributed by atoms with E-state index in [1.54, 1.807) is 0 Å². The number of hydrogen-bond donors (Lipinski definition) is 1. The van der Waals surface area contributed by atoms with Crippen LogP contribution in [0.5, 0.6) is 5.88 Å². The molecule has 0 bridgehead atoms. The van der Waals surface area contributed by atoms with Gasteiger partial charge in [0.15, 0.2) is 5.69 Å². The number of hydrogen-bond acceptors (Lipinski definition) is 5. The Morgan fingerprint density at radius 1 is 1.38 bits per heavy atom. The first-order valence-corrected chi connectivity index (χ1v) is 5.05. The zero-order valence-electron chi connectivity index (χ0n) is 8.63. The van der Waals surface area contributed by atoms with Crippen molar-refractivity contribution in [2.24, 2.45) is 0 Å². The van der Waals surface area contributed by atoms with Crippen LogP contribution in [0.1, 0.15) is 23.3 Å². The van der Waals surface area contributed by atoms with Crippen LogP contribution >= 0.6 is 0 Å². The minimum Gasteiger partial charge on any atom is -0.476 e. The quantitative estimate of drug-likeness (QED) is 0.815. The van der Waals surface area contributed by atoms with Crippen LogP contribution in [0.25, 0.3) is 0 Å². The van der Waals surface area contributed by atoms with Crippen molar-refractivity contribution in [3.8, 4) is 5.88 Å². The van der Waals surface area contributed by atoms with Crippen molar-refractivity contribution in [1.29, 1.82) is 0 Å². The standard InChI is InChI=1S/C10H12N2O4/c13-10(14)8-5-12-9(6-11-8)16-7-1-3-15-4-2-7/h5-7H,1-4H2,(H,13,14). The summed E-state index contributed by atoms with van der Waals surface area (Å²) in [6.07, 6.45) is 4.25. The Bertz CT molecular complexity index is 360. The van der Waals surface area contributed by atoms with E-state index < -0.39 is 5.97 Å². The zero-order chi connectivity index (χ0) is 11.4. The molecule has 6 heteroatoms. The van der Waals surface area contributed by atoms with Crippen LogP contribution in [0.4, 0.5) is 0 Å². The van der Waals surface area contributed by atoms with Crippen LogP contribution in [0.3, 0.4) is 0 Å². The molecule has 1 aromatic heterocycles. The van der Waals surface area contributed by atoms with Crippen LogP contribution < -0.4 is 4.74 Å². The van der Waals surface area contributed by atoms with Gasteiger partial charge in [0.25, 0.3) is 0 Å². The van der Waals surface area contributed by atoms with E-state index in [9.17, 15) is 4.79 Å². The molecule has 0 amide bonds. The lowest BCUT2D eigenvalue weighted by Crippen LogP contribution is -2.26. The van der Waals surface area contributed by atoms with Gasteiger partial charge in [0.2, 0.25) is 5.88 Å². The molecule has 1 aromatic rings. The summed E-state index contributed by atoms with van der Waals surface area (Å²) >= 11 is 0. The first-order valence-electron chi connectivity index (χ1n) is 5.05. The van der Waals surface area contributed by atoms with E-state index in [1.165, 1.54) is 12.4 Å². The first-order chi connectivity index (χ1) is 7.75. The third-order valence-corrected chi connectivity index (χ3v) is 2.30. The van der Waals surface area contributed by atoms with Crippen LogP contribution in [0.2, 0.25) is 0 Å². The fourth-order valence-corrected chi connectivity index (χ4v) is 1.45. The monoisotopic (exact) mass is 224 g/mol. The van der Waals surface area contributed by atoms with Gasteiger partial charge in [0.1, 0.15) is 6.10 Å². The SMILES string of the molecule is O=C(O)c1cnc(OC2CCOCC2)cn1. The first kappa shape index (κ1) is 10.8. The summed E-state index contributed by atoms with van der Waals surface area (Å²) in [5.74, 6) is -0.734. The molecule has 2 heterocycles. The lowest BCUT2D eigenvalue weighted by molar-refractivity contribution is 0.0235. The molecule has 0 radical (unpaired) electrons. The fraction of sp³-hybridized carbons (Fsp3) is 0.500. The minimum atomic E-state index is -1.09. The summed E-state index contributed by atoms with van der Waals surface area (Å²) in [5, 5.41) is 8.64. The van der Waals surface area contributed by atoms with Gasteiger partial charge in [-0.15, -0.1) is 0 Å². The normalized spacial score (nSPS) is 17.0. The summed E-state index contributed by atoms with van der Waals surface area (Å²) in [6, 6.07) is 0. The number of carbonyl (C=O) groups is 1. The van der Waals surface area contributed by atoms with Gasteiger partial charge in [-0.2, -0.15) is 0 Å². The number of carboxylic acids is 1. The van der Waals surface area contributed by atoms with E-state index in [0.29, 0.717) is 19.1 Å². The van der Waals surface area contributed by atoms with Crippen molar-refractivity contribution in [2.45, 2.75) is 18.9 Å². The molecule has 1 N–H and O–H groups in total. The highest BCUT2D eigenvalue weighted by atomic mass is 16.5. The summed E-state index contributed by atoms with van der Waals surface area (Å²) in [7, 11) is 0. The molecular weight excluding hydrogens is 212 g/mol. The predicted molar refractivity (Wildman–Crippen MR) is 53.5 cm³/mol. The maximum atomic E-state index is 10.5. The molecule has 86 valence electrons. The molecule has 1 aliphatic rings. The van der Waals surface area contributed by atoms with E-state index in [0.717, 1.165) is 12.8 Å². The number of aromatic carboxylic acids is 1. The molecule has 0 aliphatic carbocycles. The van der Waals surface area contributed by atoms with Crippen molar-refractivity contribution in [1.82, 2.24) is 9.97 Å². The topological polar surface area (TPSA) is 81.5 Å². The maximum Gasteiger partial charge on any atom is 0.356 e. The molecule has 0 saturated carbocycles. The highest BCUT2D eigenvalue weighted by Gasteiger charge is 2.16. The van der Waals surface area contributed by atoms with E-state index in [4.69, 9.17) is 14.6 Å². The fourth-order valence-electron chi connectivity index (χ4n) is 1.45. The van der Waals surface area contributed by atoms with Crippen LogP contribution in [-0.2, 0) is 4.74 Å². The van der Waals surface area contributed by atoms with Crippen molar-refractivity contribution < 1.29 is 19.4 Å². The highest BCUT2D eigenvalue weighted by Crippen LogP contribution is 2.14. The average Bonchev–Trinajstić information content (AvgIpc) is 2.31. The van der Waals surface area contributed by atoms with E-state index in [1.807, 2.05) is 0 Å². The second-order valence-electron chi connectivity index (χ2n) is 3.47. The Kier molecular flexibility index (Phi) is 3.31. The second kappa shape index (κ2) is 4.89. The molecule has 1 fully saturated rings. The molecule has 0 atom stereocenters. The van der Waals surface area contributed by atoms with Crippen LogP contribution in [0, 0.1) is 0 Å². The summed E-state index contributed by atoms with van der Waals surface area (Å²) in [4.78, 5) is 18.2. The Morgan fingerprint density at radius 3 is 2.69 bits per heavy atom. The Hall–Kier alpha value is -1.69. The van der Waals surface area contributed by atoms with Crippen molar-refractivity contribution >= 4 is 5.97 Å². The minimum absolute atomic E-state index is 0.0822. The van der Waals surface area contributed by atoms with Gasteiger partial charge in [-0.3, -0.25) is 0 Å². The van der Waals surface area contributed by atoms with Gasteiger partial charge >= 0.3 is 5.97 Å². The third kappa shape index (κ3) is 2.66. The van der Waals surface area contributed by atoms with E-state index in [2.05, 4.69) is 9.97 Å². The smallest absolute Gasteiger partial charge is 0.356 e. The number of carboxylic acid groups (broad SMARTS) is 1. The third-order valence-electron chi connectivity index (χ3n) is 2.30. The summed E-state index contributed by atoms with van der Waals surface area (Å²) < 4.78 is 10.7. The molecule has 2 rings (SSSR count). The molecule has 1 saturated heterocycles. The Labute approximate surface area is 92.2 Å². The Balaban J connectivity index is 1.96. The highest BCUT2D eigenvalue weighted by molar-refractivity contribution is 5.84. The zero-order valence-corrected chi connectivity index (χ0v) is 8.63. The van der Waals surface area contributed by atoms with Crippen LogP contribution in [0.15, 0.2) is 12.4 Å². The summed E-state index contributed by atoms with van der Waals surface area (Å²) in [5.41, 5.74) is -0.0840. The van der Waals surface area contributed by atoms with Crippen molar-refractivity contribution in [2.75, 3.05) is 13.2 Å². The molecule has 0 spiro atoms. The number of nitrogens with zero attached hydrogens (tertiary/aromatic N) is 2. The van der Waals surface area contributed by atoms with Gasteiger partial charge in [-0.25, -0.2) is 14.8 Å². The van der Waals surface area contributed by atoms with Gasteiger partial charge in [-0.05, 0) is 0 Å². The van der Waals surface area contributed by atoms with Crippen molar-refractivity contribution in [3.63, 3.8) is 0 Å². The molecule has 1 aliphatic heterocycles. The molecule has 0 aromatic carbocycles. The molecular formula is C10H12N2O4. The van der Waals surface area contributed by atoms with Crippen molar-refractivity contribution in [3.05, 3.63) is 18.1 Å². The number of aromatic nitrogens is 2. The van der Waals surface area contributed by atoms with Gasteiger partial charge in [0.05, 0.1) is 25.6 Å². The maximum absolute atomic E-state index is 10.5. The lowest BCUT2D eigenvalue weighted by atomic mass is 10.2. The molecule has 6 nitrogen and oxygen atoms in total. The lowest BCUT2D eigenvalue weighted by Gasteiger charge is -2.22. The van der Waals surface area contributed by atoms with Gasteiger partial charge < -0.3 is 14.6 Å². The summed E-state index contributed by atoms with van der Waals surface area (Å²) in [6.45, 7) is 1.37. The Morgan fingerprint density at radius 2 is 2.12 bits per heavy atom. The largest absolute Gasteiger partial charge is 0.476 e. The van der Waals surface area contributed by atoms with Gasteiger partial charge in [-0.1, -0.05) is 0 Å². The number of ether oxygens (including phenoxy) is 2. The van der Waals surface area contributed by atoms with E-state index in [-0.39, 0.29) is 11.8 Å². The molecule has 0 unspecified atom stereocenters. The average molecular weight is 224 g/mol. The predicted octanol–water partition coefficient (Wildman–Crippen LogP) is 0.733. The number of rotatable bonds is 3. The second-order valence-corrected chi connectivity index (χ2v) is 3.47. The van der Waals surface area contributed by atoms with Gasteiger partial charge in [0, 0.05) is 12.8 Å². The molecule has 16 heavy (non-hydrogen) atoms. The van der Waals surface area contributed by atoms with Crippen LogP contribution in [-0.4, -0.2) is 40.4 Å². The van der Waals surface area contributed by atoms with E-state index >= 15 is 0 Å².